The number of ether oxygens (including phenoxy) is 1. The summed E-state index contributed by atoms with van der Waals surface area (Å²) < 4.78 is 4.99. The van der Waals surface area contributed by atoms with Crippen LogP contribution in [0.15, 0.2) is 36.5 Å². The third-order valence-electron chi connectivity index (χ3n) is 2.56. The normalized spacial score (nSPS) is 16.3. The standard InChI is InChI=1S/C13H12ClNO3/c14-11-3-1-10(2-4-11)12(16)5-6-15-7-8-18-9-13(15)17/h1-6H,7-9H2. The maximum Gasteiger partial charge on any atom is 0.252 e. The lowest BCUT2D eigenvalue weighted by molar-refractivity contribution is -0.139. The number of nitrogens with zero attached hydrogens (tertiary/aromatic N) is 1. The molecule has 94 valence electrons. The van der Waals surface area contributed by atoms with E-state index in [1.165, 1.54) is 17.2 Å². The molecule has 0 atom stereocenters. The average Bonchev–Trinajstić information content (AvgIpc) is 2.38. The summed E-state index contributed by atoms with van der Waals surface area (Å²) in [4.78, 5) is 24.7. The molecule has 18 heavy (non-hydrogen) atoms. The second-order valence-corrected chi connectivity index (χ2v) is 4.26. The van der Waals surface area contributed by atoms with E-state index in [2.05, 4.69) is 0 Å². The lowest BCUT2D eigenvalue weighted by Crippen LogP contribution is -2.37. The highest BCUT2D eigenvalue weighted by Crippen LogP contribution is 2.10. The first-order valence-electron chi connectivity index (χ1n) is 5.52. The number of amides is 1. The third-order valence-corrected chi connectivity index (χ3v) is 2.81. The molecule has 0 bridgehead atoms. The minimum Gasteiger partial charge on any atom is -0.370 e. The molecule has 1 aromatic carbocycles. The summed E-state index contributed by atoms with van der Waals surface area (Å²) in [6, 6.07) is 6.61. The van der Waals surface area contributed by atoms with Gasteiger partial charge in [-0.05, 0) is 24.3 Å². The highest BCUT2D eigenvalue weighted by molar-refractivity contribution is 6.30. The Morgan fingerprint density at radius 1 is 1.33 bits per heavy atom. The molecule has 1 heterocycles. The number of hydrogen-bond acceptors (Lipinski definition) is 3. The molecule has 1 aromatic rings. The van der Waals surface area contributed by atoms with E-state index in [1.807, 2.05) is 0 Å². The third kappa shape index (κ3) is 3.18. The minimum atomic E-state index is -0.161. The van der Waals surface area contributed by atoms with E-state index in [0.29, 0.717) is 23.7 Å². The van der Waals surface area contributed by atoms with Gasteiger partial charge in [-0.15, -0.1) is 0 Å². The number of benzene rings is 1. The van der Waals surface area contributed by atoms with Crippen molar-refractivity contribution in [3.05, 3.63) is 47.1 Å². The van der Waals surface area contributed by atoms with Crippen LogP contribution >= 0.6 is 11.6 Å². The fraction of sp³-hybridized carbons (Fsp3) is 0.231. The smallest absolute Gasteiger partial charge is 0.252 e. The lowest BCUT2D eigenvalue weighted by atomic mass is 10.1. The van der Waals surface area contributed by atoms with Crippen molar-refractivity contribution in [2.24, 2.45) is 0 Å². The van der Waals surface area contributed by atoms with E-state index in [-0.39, 0.29) is 18.3 Å². The van der Waals surface area contributed by atoms with Gasteiger partial charge in [-0.1, -0.05) is 11.6 Å². The molecule has 5 heteroatoms. The molecule has 0 unspecified atom stereocenters. The first kappa shape index (κ1) is 12.8. The highest BCUT2D eigenvalue weighted by Gasteiger charge is 2.16. The summed E-state index contributed by atoms with van der Waals surface area (Å²) >= 11 is 5.74. The molecule has 0 radical (unpaired) electrons. The van der Waals surface area contributed by atoms with Crippen molar-refractivity contribution in [3.8, 4) is 0 Å². The fourth-order valence-electron chi connectivity index (χ4n) is 1.56. The molecule has 1 aliphatic rings. The number of rotatable bonds is 3. The van der Waals surface area contributed by atoms with Gasteiger partial charge in [0.15, 0.2) is 5.78 Å². The Morgan fingerprint density at radius 3 is 2.72 bits per heavy atom. The zero-order chi connectivity index (χ0) is 13.0. The van der Waals surface area contributed by atoms with Crippen molar-refractivity contribution < 1.29 is 14.3 Å². The maximum absolute atomic E-state index is 11.8. The quantitative estimate of drug-likeness (QED) is 0.619. The Morgan fingerprint density at radius 2 is 2.06 bits per heavy atom. The van der Waals surface area contributed by atoms with Crippen LogP contribution in [0, 0.1) is 0 Å². The van der Waals surface area contributed by atoms with E-state index in [4.69, 9.17) is 16.3 Å². The van der Waals surface area contributed by atoms with E-state index in [1.54, 1.807) is 24.3 Å². The Bertz CT molecular complexity index is 482. The van der Waals surface area contributed by atoms with Crippen molar-refractivity contribution in [2.45, 2.75) is 0 Å². The van der Waals surface area contributed by atoms with Crippen LogP contribution in [0.3, 0.4) is 0 Å². The Hall–Kier alpha value is -1.65. The number of hydrogen-bond donors (Lipinski definition) is 0. The maximum atomic E-state index is 11.8. The van der Waals surface area contributed by atoms with Gasteiger partial charge >= 0.3 is 0 Å². The first-order chi connectivity index (χ1) is 8.66. The minimum absolute atomic E-state index is 0.0689. The van der Waals surface area contributed by atoms with Crippen LogP contribution in [0.4, 0.5) is 0 Å². The van der Waals surface area contributed by atoms with Crippen LogP contribution < -0.4 is 0 Å². The largest absolute Gasteiger partial charge is 0.370 e. The van der Waals surface area contributed by atoms with Gasteiger partial charge < -0.3 is 9.64 Å². The van der Waals surface area contributed by atoms with E-state index in [9.17, 15) is 9.59 Å². The van der Waals surface area contributed by atoms with E-state index < -0.39 is 0 Å². The van der Waals surface area contributed by atoms with Gasteiger partial charge in [0.2, 0.25) is 0 Å². The van der Waals surface area contributed by atoms with Crippen LogP contribution in [-0.4, -0.2) is 36.3 Å². The van der Waals surface area contributed by atoms with Gasteiger partial charge in [-0.2, -0.15) is 0 Å². The molecule has 4 nitrogen and oxygen atoms in total. The van der Waals surface area contributed by atoms with Crippen LogP contribution in [0.1, 0.15) is 10.4 Å². The fourth-order valence-corrected chi connectivity index (χ4v) is 1.68. The summed E-state index contributed by atoms with van der Waals surface area (Å²) in [5.74, 6) is -0.299. The van der Waals surface area contributed by atoms with Gasteiger partial charge in [-0.25, -0.2) is 0 Å². The predicted molar refractivity (Wildman–Crippen MR) is 67.5 cm³/mol. The zero-order valence-corrected chi connectivity index (χ0v) is 10.4. The first-order valence-corrected chi connectivity index (χ1v) is 5.90. The van der Waals surface area contributed by atoms with Crippen LogP contribution in [0.2, 0.25) is 5.02 Å². The van der Waals surface area contributed by atoms with Crippen LogP contribution in [0.25, 0.3) is 0 Å². The molecule has 2 rings (SSSR count). The summed E-state index contributed by atoms with van der Waals surface area (Å²) in [5.41, 5.74) is 0.538. The van der Waals surface area contributed by atoms with Gasteiger partial charge in [0.1, 0.15) is 6.61 Å². The van der Waals surface area contributed by atoms with Gasteiger partial charge in [0.25, 0.3) is 5.91 Å². The summed E-state index contributed by atoms with van der Waals surface area (Å²) in [6.07, 6.45) is 2.88. The molecule has 1 fully saturated rings. The Kier molecular flexibility index (Phi) is 4.12. The molecule has 0 spiro atoms. The van der Waals surface area contributed by atoms with Gasteiger partial charge in [-0.3, -0.25) is 9.59 Å². The molecular weight excluding hydrogens is 254 g/mol. The highest BCUT2D eigenvalue weighted by atomic mass is 35.5. The van der Waals surface area contributed by atoms with E-state index in [0.717, 1.165) is 0 Å². The lowest BCUT2D eigenvalue weighted by Gasteiger charge is -2.22. The topological polar surface area (TPSA) is 46.6 Å². The summed E-state index contributed by atoms with van der Waals surface area (Å²) in [7, 11) is 0. The second-order valence-electron chi connectivity index (χ2n) is 3.83. The van der Waals surface area contributed by atoms with Crippen molar-refractivity contribution in [1.29, 1.82) is 0 Å². The van der Waals surface area contributed by atoms with Crippen LogP contribution in [-0.2, 0) is 9.53 Å². The Balaban J connectivity index is 2.02. The molecule has 0 N–H and O–H groups in total. The predicted octanol–water partition coefficient (Wildman–Crippen LogP) is 1.90. The van der Waals surface area contributed by atoms with Crippen molar-refractivity contribution >= 4 is 23.3 Å². The number of carbonyl (C=O) groups excluding carboxylic acids is 2. The monoisotopic (exact) mass is 265 g/mol. The van der Waals surface area contributed by atoms with Gasteiger partial charge in [0, 0.05) is 29.4 Å². The zero-order valence-electron chi connectivity index (χ0n) is 9.64. The van der Waals surface area contributed by atoms with Crippen molar-refractivity contribution in [3.63, 3.8) is 0 Å². The van der Waals surface area contributed by atoms with Gasteiger partial charge in [0.05, 0.1) is 6.61 Å². The number of ketones is 1. The molecule has 1 aliphatic heterocycles. The SMILES string of the molecule is O=C(C=CN1CCOCC1=O)c1ccc(Cl)cc1. The molecular formula is C13H12ClNO3. The average molecular weight is 266 g/mol. The second kappa shape index (κ2) is 5.80. The number of morpholine rings is 1. The molecule has 0 saturated carbocycles. The molecule has 0 aliphatic carbocycles. The number of allylic oxidation sites excluding steroid dienone is 1. The molecule has 1 saturated heterocycles. The van der Waals surface area contributed by atoms with Crippen molar-refractivity contribution in [1.82, 2.24) is 4.90 Å². The summed E-state index contributed by atoms with van der Waals surface area (Å²) in [6.45, 7) is 1.04. The summed E-state index contributed by atoms with van der Waals surface area (Å²) in [5, 5.41) is 0.582. The van der Waals surface area contributed by atoms with Crippen molar-refractivity contribution in [2.75, 3.05) is 19.8 Å². The molecule has 1 amide bonds. The Labute approximate surface area is 110 Å². The number of halogens is 1. The molecule has 0 aromatic heterocycles. The van der Waals surface area contributed by atoms with E-state index >= 15 is 0 Å². The number of carbonyl (C=O) groups is 2. The van der Waals surface area contributed by atoms with Crippen LogP contribution in [0.5, 0.6) is 0 Å².